The normalized spacial score (nSPS) is 21.1. The summed E-state index contributed by atoms with van der Waals surface area (Å²) < 4.78 is 0.939. The molecule has 0 fully saturated rings. The van der Waals surface area contributed by atoms with Gasteiger partial charge < -0.3 is 5.32 Å². The lowest BCUT2D eigenvalue weighted by molar-refractivity contribution is 0.476. The molecule has 4 heteroatoms. The van der Waals surface area contributed by atoms with Crippen molar-refractivity contribution in [3.8, 4) is 0 Å². The van der Waals surface area contributed by atoms with Gasteiger partial charge in [0.15, 0.2) is 0 Å². The molecule has 16 heavy (non-hydrogen) atoms. The zero-order chi connectivity index (χ0) is 11.5. The summed E-state index contributed by atoms with van der Waals surface area (Å²) >= 11 is 9.71. The molecule has 1 nitrogen and oxygen atoms in total. The molecule has 0 bridgehead atoms. The van der Waals surface area contributed by atoms with Crippen molar-refractivity contribution in [1.82, 2.24) is 5.32 Å². The van der Waals surface area contributed by atoms with Gasteiger partial charge in [0.25, 0.3) is 0 Å². The molecule has 0 aromatic carbocycles. The number of thiophene rings is 1. The van der Waals surface area contributed by atoms with Crippen molar-refractivity contribution in [1.29, 1.82) is 0 Å². The van der Waals surface area contributed by atoms with Crippen molar-refractivity contribution in [3.05, 3.63) is 20.8 Å². The molecule has 1 N–H and O–H groups in total. The third kappa shape index (κ3) is 2.95. The van der Waals surface area contributed by atoms with E-state index in [0.29, 0.717) is 6.04 Å². The van der Waals surface area contributed by atoms with E-state index in [-0.39, 0.29) is 0 Å². The number of thioether (sulfide) groups is 1. The lowest BCUT2D eigenvalue weighted by Crippen LogP contribution is -2.25. The Hall–Kier alpha value is 0.300. The van der Waals surface area contributed by atoms with E-state index in [1.807, 2.05) is 11.8 Å². The van der Waals surface area contributed by atoms with E-state index >= 15 is 0 Å². The zero-order valence-electron chi connectivity index (χ0n) is 9.75. The minimum Gasteiger partial charge on any atom is -0.310 e. The lowest BCUT2D eigenvalue weighted by Gasteiger charge is -2.16. The predicted octanol–water partition coefficient (Wildman–Crippen LogP) is 3.98. The fourth-order valence-electron chi connectivity index (χ4n) is 2.23. The van der Waals surface area contributed by atoms with Crippen molar-refractivity contribution in [2.45, 2.75) is 25.8 Å². The van der Waals surface area contributed by atoms with E-state index in [1.54, 1.807) is 11.3 Å². The molecule has 1 aliphatic carbocycles. The molecule has 90 valence electrons. The number of aryl methyl sites for hydroxylation is 1. The molecule has 0 radical (unpaired) electrons. The summed E-state index contributed by atoms with van der Waals surface area (Å²) in [6.45, 7) is 3.42. The van der Waals surface area contributed by atoms with Gasteiger partial charge in [-0.2, -0.15) is 11.8 Å². The fourth-order valence-corrected chi connectivity index (χ4v) is 4.27. The topological polar surface area (TPSA) is 12.0 Å². The van der Waals surface area contributed by atoms with Crippen LogP contribution in [0.4, 0.5) is 0 Å². The highest BCUT2D eigenvalue weighted by atomic mass is 35.5. The van der Waals surface area contributed by atoms with E-state index < -0.39 is 0 Å². The number of hydrogen-bond acceptors (Lipinski definition) is 3. The summed E-state index contributed by atoms with van der Waals surface area (Å²) in [7, 11) is 0. The molecule has 1 heterocycles. The molecule has 1 aromatic rings. The minimum atomic E-state index is 0.544. The first kappa shape index (κ1) is 12.7. The van der Waals surface area contributed by atoms with Crippen molar-refractivity contribution in [2.75, 3.05) is 18.6 Å². The third-order valence-electron chi connectivity index (χ3n) is 3.01. The minimum absolute atomic E-state index is 0.544. The Morgan fingerprint density at radius 3 is 3.25 bits per heavy atom. The largest absolute Gasteiger partial charge is 0.310 e. The highest BCUT2D eigenvalue weighted by molar-refractivity contribution is 7.98. The lowest BCUT2D eigenvalue weighted by atomic mass is 10.1. The molecule has 0 aliphatic heterocycles. The second-order valence-electron chi connectivity index (χ2n) is 4.49. The van der Waals surface area contributed by atoms with Crippen molar-refractivity contribution < 1.29 is 0 Å². The first-order valence-electron chi connectivity index (χ1n) is 5.71. The van der Waals surface area contributed by atoms with Gasteiger partial charge in [0.1, 0.15) is 0 Å². The summed E-state index contributed by atoms with van der Waals surface area (Å²) in [4.78, 5) is 1.49. The van der Waals surface area contributed by atoms with Gasteiger partial charge in [-0.3, -0.25) is 0 Å². The standard InChI is InChI=1S/C12H18ClNS2/c1-8(7-15-2)6-14-10-3-4-11-9(10)5-12(13)16-11/h5,8,10,14H,3-4,6-7H2,1-2H3. The van der Waals surface area contributed by atoms with Crippen LogP contribution in [-0.2, 0) is 6.42 Å². The molecule has 0 saturated heterocycles. The number of nitrogens with one attached hydrogen (secondary N) is 1. The van der Waals surface area contributed by atoms with Gasteiger partial charge in [-0.1, -0.05) is 18.5 Å². The molecule has 1 aromatic heterocycles. The van der Waals surface area contributed by atoms with E-state index in [0.717, 1.165) is 16.8 Å². The van der Waals surface area contributed by atoms with Crippen LogP contribution in [0.2, 0.25) is 4.34 Å². The summed E-state index contributed by atoms with van der Waals surface area (Å²) in [5.74, 6) is 1.98. The van der Waals surface area contributed by atoms with Crippen LogP contribution in [0.5, 0.6) is 0 Å². The van der Waals surface area contributed by atoms with Crippen LogP contribution in [-0.4, -0.2) is 18.6 Å². The summed E-state index contributed by atoms with van der Waals surface area (Å²) in [5.41, 5.74) is 1.45. The van der Waals surface area contributed by atoms with Gasteiger partial charge in [0.2, 0.25) is 0 Å². The van der Waals surface area contributed by atoms with Crippen molar-refractivity contribution in [2.24, 2.45) is 5.92 Å². The van der Waals surface area contributed by atoms with Gasteiger partial charge in [-0.25, -0.2) is 0 Å². The van der Waals surface area contributed by atoms with Gasteiger partial charge >= 0.3 is 0 Å². The van der Waals surface area contributed by atoms with Crippen LogP contribution in [0.1, 0.15) is 29.8 Å². The van der Waals surface area contributed by atoms with Crippen LogP contribution in [0, 0.1) is 5.92 Å². The van der Waals surface area contributed by atoms with E-state index in [1.165, 1.54) is 29.0 Å². The van der Waals surface area contributed by atoms with Crippen molar-refractivity contribution in [3.63, 3.8) is 0 Å². The Labute approximate surface area is 111 Å². The number of rotatable bonds is 5. The summed E-state index contributed by atoms with van der Waals surface area (Å²) in [6, 6.07) is 2.69. The first-order chi connectivity index (χ1) is 7.70. The maximum absolute atomic E-state index is 6.04. The Morgan fingerprint density at radius 2 is 2.50 bits per heavy atom. The highest BCUT2D eigenvalue weighted by Gasteiger charge is 2.24. The summed E-state index contributed by atoms with van der Waals surface area (Å²) in [5, 5.41) is 3.67. The predicted molar refractivity (Wildman–Crippen MR) is 75.9 cm³/mol. The average molecular weight is 276 g/mol. The van der Waals surface area contributed by atoms with Gasteiger partial charge in [-0.05, 0) is 48.9 Å². The smallest absolute Gasteiger partial charge is 0.0934 e. The van der Waals surface area contributed by atoms with Crippen LogP contribution >= 0.6 is 34.7 Å². The molecular weight excluding hydrogens is 258 g/mol. The summed E-state index contributed by atoms with van der Waals surface area (Å²) in [6.07, 6.45) is 4.61. The fraction of sp³-hybridized carbons (Fsp3) is 0.667. The Morgan fingerprint density at radius 1 is 1.69 bits per heavy atom. The van der Waals surface area contributed by atoms with Crippen LogP contribution in [0.3, 0.4) is 0 Å². The van der Waals surface area contributed by atoms with Gasteiger partial charge in [-0.15, -0.1) is 11.3 Å². The maximum atomic E-state index is 6.04. The first-order valence-corrected chi connectivity index (χ1v) is 8.30. The maximum Gasteiger partial charge on any atom is 0.0934 e. The zero-order valence-corrected chi connectivity index (χ0v) is 12.1. The second-order valence-corrected chi connectivity index (χ2v) is 7.17. The molecular formula is C12H18ClNS2. The Balaban J connectivity index is 1.88. The molecule has 2 unspecified atom stereocenters. The average Bonchev–Trinajstić information content (AvgIpc) is 2.75. The van der Waals surface area contributed by atoms with Crippen LogP contribution < -0.4 is 5.32 Å². The molecule has 1 aliphatic rings. The molecule has 2 atom stereocenters. The van der Waals surface area contributed by atoms with Gasteiger partial charge in [0.05, 0.1) is 4.34 Å². The molecule has 0 spiro atoms. The Bertz CT molecular complexity index is 351. The van der Waals surface area contributed by atoms with E-state index in [2.05, 4.69) is 24.6 Å². The van der Waals surface area contributed by atoms with E-state index in [9.17, 15) is 0 Å². The van der Waals surface area contributed by atoms with Gasteiger partial charge in [0, 0.05) is 10.9 Å². The quantitative estimate of drug-likeness (QED) is 0.872. The number of halogens is 1. The van der Waals surface area contributed by atoms with Crippen LogP contribution in [0.15, 0.2) is 6.07 Å². The van der Waals surface area contributed by atoms with E-state index in [4.69, 9.17) is 11.6 Å². The second kappa shape index (κ2) is 5.76. The van der Waals surface area contributed by atoms with Crippen LogP contribution in [0.25, 0.3) is 0 Å². The number of fused-ring (bicyclic) bond motifs is 1. The third-order valence-corrected chi connectivity index (χ3v) is 5.25. The monoisotopic (exact) mass is 275 g/mol. The van der Waals surface area contributed by atoms with Crippen molar-refractivity contribution >= 4 is 34.7 Å². The molecule has 0 amide bonds. The Kier molecular flexibility index (Phi) is 4.59. The molecule has 2 rings (SSSR count). The SMILES string of the molecule is CSCC(C)CNC1CCc2sc(Cl)cc21. The highest BCUT2D eigenvalue weighted by Crippen LogP contribution is 2.39. The number of hydrogen-bond donors (Lipinski definition) is 1. The molecule has 0 saturated carbocycles.